The highest BCUT2D eigenvalue weighted by Crippen LogP contribution is 2.18. The molecule has 2 atom stereocenters. The molecule has 0 radical (unpaired) electrons. The molecular formula is C11H21NO4. The number of carbonyl (C=O) groups excluding carboxylic acids is 1. The Bertz CT molecular complexity index is 222. The predicted molar refractivity (Wildman–Crippen MR) is 59.1 cm³/mol. The first-order valence-corrected chi connectivity index (χ1v) is 5.75. The summed E-state index contributed by atoms with van der Waals surface area (Å²) in [5, 5.41) is 9.70. The van der Waals surface area contributed by atoms with Gasteiger partial charge in [0.1, 0.15) is 0 Å². The third kappa shape index (κ3) is 3.73. The lowest BCUT2D eigenvalue weighted by Gasteiger charge is -2.34. The molecule has 5 nitrogen and oxygen atoms in total. The number of esters is 1. The van der Waals surface area contributed by atoms with Gasteiger partial charge in [-0.15, -0.1) is 0 Å². The monoisotopic (exact) mass is 231 g/mol. The molecule has 5 heteroatoms. The molecule has 1 rings (SSSR count). The van der Waals surface area contributed by atoms with Gasteiger partial charge < -0.3 is 14.6 Å². The molecule has 0 unspecified atom stereocenters. The molecule has 1 aliphatic rings. The summed E-state index contributed by atoms with van der Waals surface area (Å²) in [5.74, 6) is -0.742. The first kappa shape index (κ1) is 13.4. The lowest BCUT2D eigenvalue weighted by molar-refractivity contribution is -0.152. The number of methoxy groups -OCH3 is 1. The summed E-state index contributed by atoms with van der Waals surface area (Å²) in [7, 11) is 1.36. The highest BCUT2D eigenvalue weighted by atomic mass is 16.5. The normalized spacial score (nSPS) is 26.7. The van der Waals surface area contributed by atoms with E-state index >= 15 is 0 Å². The van der Waals surface area contributed by atoms with Gasteiger partial charge >= 0.3 is 5.97 Å². The van der Waals surface area contributed by atoms with Crippen molar-refractivity contribution in [2.24, 2.45) is 5.92 Å². The lowest BCUT2D eigenvalue weighted by atomic mass is 9.95. The Balaban J connectivity index is 2.38. The van der Waals surface area contributed by atoms with E-state index in [1.54, 1.807) is 0 Å². The van der Waals surface area contributed by atoms with E-state index in [1.165, 1.54) is 7.11 Å². The maximum absolute atomic E-state index is 11.4. The fourth-order valence-electron chi connectivity index (χ4n) is 1.93. The van der Waals surface area contributed by atoms with Gasteiger partial charge in [0.05, 0.1) is 25.7 Å². The Kier molecular flexibility index (Phi) is 5.73. The number of aliphatic hydroxyl groups is 1. The summed E-state index contributed by atoms with van der Waals surface area (Å²) in [6.45, 7) is 5.49. The topological polar surface area (TPSA) is 59.0 Å². The smallest absolute Gasteiger partial charge is 0.312 e. The van der Waals surface area contributed by atoms with Gasteiger partial charge in [-0.1, -0.05) is 0 Å². The molecule has 1 heterocycles. The van der Waals surface area contributed by atoms with Crippen LogP contribution in [0.1, 0.15) is 13.3 Å². The Hall–Kier alpha value is -0.650. The first-order chi connectivity index (χ1) is 7.69. The number of hydrogen-bond donors (Lipinski definition) is 1. The lowest BCUT2D eigenvalue weighted by Crippen LogP contribution is -2.47. The summed E-state index contributed by atoms with van der Waals surface area (Å²) in [6.07, 6.45) is 0.0436. The van der Waals surface area contributed by atoms with Crippen molar-refractivity contribution in [2.75, 3.05) is 40.0 Å². The molecule has 0 aromatic rings. The van der Waals surface area contributed by atoms with Crippen molar-refractivity contribution in [3.8, 4) is 0 Å². The van der Waals surface area contributed by atoms with Crippen LogP contribution in [-0.4, -0.2) is 62.0 Å². The van der Waals surface area contributed by atoms with Crippen molar-refractivity contribution < 1.29 is 19.4 Å². The maximum Gasteiger partial charge on any atom is 0.312 e. The number of likely N-dealkylation sites (tertiary alicyclic amines) is 1. The van der Waals surface area contributed by atoms with Gasteiger partial charge in [0.2, 0.25) is 0 Å². The van der Waals surface area contributed by atoms with Crippen LogP contribution in [0.5, 0.6) is 0 Å². The number of hydrogen-bond acceptors (Lipinski definition) is 5. The number of ether oxygens (including phenoxy) is 2. The van der Waals surface area contributed by atoms with Crippen LogP contribution in [0.3, 0.4) is 0 Å². The standard InChI is InChI=1S/C11H21NO4/c1-3-16-7-6-12-5-4-10(13)9(8-12)11(14)15-2/h9-10,13H,3-8H2,1-2H3/t9-,10-/m0/s1. The average Bonchev–Trinajstić information content (AvgIpc) is 2.30. The van der Waals surface area contributed by atoms with E-state index < -0.39 is 12.0 Å². The van der Waals surface area contributed by atoms with Gasteiger partial charge in [-0.05, 0) is 13.3 Å². The van der Waals surface area contributed by atoms with E-state index in [0.29, 0.717) is 26.2 Å². The molecule has 0 saturated carbocycles. The molecule has 1 saturated heterocycles. The third-order valence-electron chi connectivity index (χ3n) is 2.92. The van der Waals surface area contributed by atoms with Gasteiger partial charge in [-0.25, -0.2) is 0 Å². The van der Waals surface area contributed by atoms with Crippen LogP contribution >= 0.6 is 0 Å². The number of piperidine rings is 1. The van der Waals surface area contributed by atoms with Gasteiger partial charge in [0.15, 0.2) is 0 Å². The molecule has 16 heavy (non-hydrogen) atoms. The summed E-state index contributed by atoms with van der Waals surface area (Å²) in [6, 6.07) is 0. The van der Waals surface area contributed by atoms with Gasteiger partial charge in [0.25, 0.3) is 0 Å². The molecule has 0 aromatic heterocycles. The molecular weight excluding hydrogens is 210 g/mol. The number of nitrogens with zero attached hydrogens (tertiary/aromatic N) is 1. The van der Waals surface area contributed by atoms with E-state index in [1.807, 2.05) is 6.92 Å². The van der Waals surface area contributed by atoms with E-state index in [4.69, 9.17) is 4.74 Å². The molecule has 94 valence electrons. The number of aliphatic hydroxyl groups excluding tert-OH is 1. The number of rotatable bonds is 5. The summed E-state index contributed by atoms with van der Waals surface area (Å²) < 4.78 is 9.94. The minimum absolute atomic E-state index is 0.325. The third-order valence-corrected chi connectivity index (χ3v) is 2.92. The molecule has 1 N–H and O–H groups in total. The summed E-state index contributed by atoms with van der Waals surface area (Å²) >= 11 is 0. The SMILES string of the molecule is CCOCCN1CC[C@H](O)[C@@H](C(=O)OC)C1. The highest BCUT2D eigenvalue weighted by Gasteiger charge is 2.33. The molecule has 1 fully saturated rings. The minimum Gasteiger partial charge on any atom is -0.469 e. The maximum atomic E-state index is 11.4. The molecule has 0 aliphatic carbocycles. The van der Waals surface area contributed by atoms with Crippen LogP contribution in [-0.2, 0) is 14.3 Å². The van der Waals surface area contributed by atoms with Crippen molar-refractivity contribution in [1.82, 2.24) is 4.90 Å². The van der Waals surface area contributed by atoms with Crippen molar-refractivity contribution >= 4 is 5.97 Å². The van der Waals surface area contributed by atoms with Crippen molar-refractivity contribution in [3.63, 3.8) is 0 Å². The van der Waals surface area contributed by atoms with Crippen molar-refractivity contribution in [2.45, 2.75) is 19.4 Å². The zero-order chi connectivity index (χ0) is 12.0. The fraction of sp³-hybridized carbons (Fsp3) is 0.909. The van der Waals surface area contributed by atoms with Gasteiger partial charge in [-0.2, -0.15) is 0 Å². The van der Waals surface area contributed by atoms with Gasteiger partial charge in [-0.3, -0.25) is 9.69 Å². The zero-order valence-electron chi connectivity index (χ0n) is 10.0. The van der Waals surface area contributed by atoms with Crippen LogP contribution in [0, 0.1) is 5.92 Å². The van der Waals surface area contributed by atoms with E-state index in [2.05, 4.69) is 9.64 Å². The second-order valence-electron chi connectivity index (χ2n) is 3.98. The largest absolute Gasteiger partial charge is 0.469 e. The van der Waals surface area contributed by atoms with E-state index in [0.717, 1.165) is 13.1 Å². The Morgan fingerprint density at radius 3 is 2.94 bits per heavy atom. The molecule has 0 amide bonds. The van der Waals surface area contributed by atoms with E-state index in [9.17, 15) is 9.90 Å². The minimum atomic E-state index is -0.573. The summed E-state index contributed by atoms with van der Waals surface area (Å²) in [5.41, 5.74) is 0. The Labute approximate surface area is 96.3 Å². The second-order valence-corrected chi connectivity index (χ2v) is 3.98. The average molecular weight is 231 g/mol. The molecule has 0 aromatic carbocycles. The van der Waals surface area contributed by atoms with Crippen LogP contribution in [0.25, 0.3) is 0 Å². The van der Waals surface area contributed by atoms with Crippen LogP contribution in [0.2, 0.25) is 0 Å². The van der Waals surface area contributed by atoms with Crippen LogP contribution in [0.4, 0.5) is 0 Å². The predicted octanol–water partition coefficient (Wildman–Crippen LogP) is -0.121. The Morgan fingerprint density at radius 2 is 2.31 bits per heavy atom. The fourth-order valence-corrected chi connectivity index (χ4v) is 1.93. The van der Waals surface area contributed by atoms with E-state index in [-0.39, 0.29) is 5.97 Å². The molecule has 0 spiro atoms. The highest BCUT2D eigenvalue weighted by molar-refractivity contribution is 5.73. The number of carbonyl (C=O) groups is 1. The summed E-state index contributed by atoms with van der Waals surface area (Å²) in [4.78, 5) is 13.5. The quantitative estimate of drug-likeness (QED) is 0.528. The first-order valence-electron chi connectivity index (χ1n) is 5.75. The van der Waals surface area contributed by atoms with Crippen LogP contribution < -0.4 is 0 Å². The van der Waals surface area contributed by atoms with Crippen molar-refractivity contribution in [1.29, 1.82) is 0 Å². The molecule has 0 bridgehead atoms. The molecule has 1 aliphatic heterocycles. The van der Waals surface area contributed by atoms with Crippen molar-refractivity contribution in [3.05, 3.63) is 0 Å². The second kappa shape index (κ2) is 6.83. The van der Waals surface area contributed by atoms with Gasteiger partial charge in [0, 0.05) is 26.2 Å². The zero-order valence-corrected chi connectivity index (χ0v) is 10.0. The Morgan fingerprint density at radius 1 is 1.56 bits per heavy atom. The van der Waals surface area contributed by atoms with Crippen LogP contribution in [0.15, 0.2) is 0 Å².